The highest BCUT2D eigenvalue weighted by Crippen LogP contribution is 2.42. The minimum Gasteiger partial charge on any atom is -0.494 e. The Labute approximate surface area is 195 Å². The summed E-state index contributed by atoms with van der Waals surface area (Å²) in [6.45, 7) is 4.90. The molecule has 0 saturated carbocycles. The summed E-state index contributed by atoms with van der Waals surface area (Å²) in [6, 6.07) is 17.7. The van der Waals surface area contributed by atoms with Gasteiger partial charge in [-0.15, -0.1) is 0 Å². The van der Waals surface area contributed by atoms with Gasteiger partial charge in [0, 0.05) is 35.7 Å². The number of carbonyl (C=O) groups excluding carboxylic acids is 2. The zero-order valence-corrected chi connectivity index (χ0v) is 19.4. The van der Waals surface area contributed by atoms with Crippen LogP contribution >= 0.6 is 0 Å². The van der Waals surface area contributed by atoms with Gasteiger partial charge in [-0.1, -0.05) is 49.4 Å². The second-order valence-electron chi connectivity index (χ2n) is 8.55. The van der Waals surface area contributed by atoms with Crippen LogP contribution in [-0.2, 0) is 20.7 Å². The summed E-state index contributed by atoms with van der Waals surface area (Å²) < 4.78 is 11.4. The van der Waals surface area contributed by atoms with E-state index in [0.717, 1.165) is 47.5 Å². The van der Waals surface area contributed by atoms with E-state index in [0.29, 0.717) is 30.6 Å². The van der Waals surface area contributed by atoms with Crippen molar-refractivity contribution < 1.29 is 19.1 Å². The first-order valence-corrected chi connectivity index (χ1v) is 11.8. The Balaban J connectivity index is 1.60. The zero-order chi connectivity index (χ0) is 23.2. The maximum Gasteiger partial charge on any atom is 0.336 e. The first-order valence-electron chi connectivity index (χ1n) is 11.8. The molecule has 0 radical (unpaired) electrons. The van der Waals surface area contributed by atoms with Crippen molar-refractivity contribution in [2.45, 2.75) is 51.9 Å². The molecule has 0 bridgehead atoms. The van der Waals surface area contributed by atoms with Crippen LogP contribution in [0.1, 0.15) is 56.6 Å². The van der Waals surface area contributed by atoms with E-state index in [-0.39, 0.29) is 18.4 Å². The van der Waals surface area contributed by atoms with Crippen LogP contribution in [-0.4, -0.2) is 25.0 Å². The molecule has 2 aromatic carbocycles. The third kappa shape index (κ3) is 5.19. The van der Waals surface area contributed by atoms with Crippen LogP contribution in [0.4, 0.5) is 0 Å². The molecule has 1 aliphatic carbocycles. The molecule has 1 atom stereocenters. The van der Waals surface area contributed by atoms with E-state index in [1.54, 1.807) is 0 Å². The van der Waals surface area contributed by atoms with Gasteiger partial charge in [0.15, 0.2) is 5.78 Å². The molecule has 0 saturated heterocycles. The molecule has 33 heavy (non-hydrogen) atoms. The van der Waals surface area contributed by atoms with Gasteiger partial charge in [-0.25, -0.2) is 4.79 Å². The highest BCUT2D eigenvalue weighted by molar-refractivity contribution is 6.03. The molecule has 0 amide bonds. The number of rotatable bonds is 8. The highest BCUT2D eigenvalue weighted by atomic mass is 16.5. The summed E-state index contributed by atoms with van der Waals surface area (Å²) in [7, 11) is 0. The molecule has 1 unspecified atom stereocenters. The summed E-state index contributed by atoms with van der Waals surface area (Å²) >= 11 is 0. The van der Waals surface area contributed by atoms with Crippen LogP contribution in [0.3, 0.4) is 0 Å². The van der Waals surface area contributed by atoms with Gasteiger partial charge in [0.25, 0.3) is 0 Å². The van der Waals surface area contributed by atoms with Crippen LogP contribution < -0.4 is 10.1 Å². The smallest absolute Gasteiger partial charge is 0.336 e. The molecular formula is C28H31NO4. The number of hydrogen-bond donors (Lipinski definition) is 1. The molecule has 1 heterocycles. The van der Waals surface area contributed by atoms with Crippen LogP contribution in [0.5, 0.6) is 5.75 Å². The fourth-order valence-electron chi connectivity index (χ4n) is 4.55. The Morgan fingerprint density at radius 3 is 2.52 bits per heavy atom. The molecule has 2 aromatic rings. The molecule has 0 aromatic heterocycles. The molecule has 5 heteroatoms. The first-order chi connectivity index (χ1) is 16.1. The van der Waals surface area contributed by atoms with E-state index in [1.165, 1.54) is 0 Å². The van der Waals surface area contributed by atoms with Crippen LogP contribution in [0.25, 0.3) is 0 Å². The quantitative estimate of drug-likeness (QED) is 0.564. The minimum atomic E-state index is -0.432. The van der Waals surface area contributed by atoms with Crippen molar-refractivity contribution in [1.29, 1.82) is 0 Å². The van der Waals surface area contributed by atoms with Crippen molar-refractivity contribution in [1.82, 2.24) is 5.32 Å². The van der Waals surface area contributed by atoms with Gasteiger partial charge in [-0.2, -0.15) is 0 Å². The van der Waals surface area contributed by atoms with Gasteiger partial charge in [0.1, 0.15) is 5.75 Å². The number of Topliss-reactive ketones (excluding diaryl/α,β-unsaturated/α-hetero) is 1. The minimum absolute atomic E-state index is 0.0992. The second-order valence-corrected chi connectivity index (χ2v) is 8.55. The standard InChI is InChI=1S/C28H31NO4/c1-3-17-32-22-14-12-21(13-15-22)26-25(19(2)29-23-10-7-11-24(30)27(23)26)28(31)33-18-16-20-8-5-4-6-9-20/h4-6,8-9,12-15,26,29H,3,7,10-11,16-18H2,1-2H3. The van der Waals surface area contributed by atoms with Crippen LogP contribution in [0.2, 0.25) is 0 Å². The number of esters is 1. The topological polar surface area (TPSA) is 64.6 Å². The summed E-state index contributed by atoms with van der Waals surface area (Å²) in [6.07, 6.45) is 3.72. The lowest BCUT2D eigenvalue weighted by atomic mass is 9.75. The number of ether oxygens (including phenoxy) is 2. The number of dihydropyridines is 1. The van der Waals surface area contributed by atoms with Crippen LogP contribution in [0, 0.1) is 0 Å². The van der Waals surface area contributed by atoms with Crippen molar-refractivity contribution in [3.63, 3.8) is 0 Å². The fraction of sp³-hybridized carbons (Fsp3) is 0.357. The summed E-state index contributed by atoms with van der Waals surface area (Å²) in [4.78, 5) is 26.3. The molecule has 2 aliphatic rings. The SMILES string of the molecule is CCCOc1ccc(C2C(C(=O)OCCc3ccccc3)=C(C)NC3=C2C(=O)CCC3)cc1. The monoisotopic (exact) mass is 445 g/mol. The van der Waals surface area contributed by atoms with Gasteiger partial charge in [0.2, 0.25) is 0 Å². The van der Waals surface area contributed by atoms with E-state index in [2.05, 4.69) is 12.2 Å². The average molecular weight is 446 g/mol. The third-order valence-corrected chi connectivity index (χ3v) is 6.15. The second kappa shape index (κ2) is 10.5. The van der Waals surface area contributed by atoms with E-state index >= 15 is 0 Å². The number of hydrogen-bond acceptors (Lipinski definition) is 5. The largest absolute Gasteiger partial charge is 0.494 e. The Hall–Kier alpha value is -3.34. The lowest BCUT2D eigenvalue weighted by molar-refractivity contribution is -0.139. The van der Waals surface area contributed by atoms with Crippen molar-refractivity contribution in [2.75, 3.05) is 13.2 Å². The molecule has 1 aliphatic heterocycles. The maximum absolute atomic E-state index is 13.3. The molecule has 0 fully saturated rings. The fourth-order valence-corrected chi connectivity index (χ4v) is 4.55. The number of benzene rings is 2. The average Bonchev–Trinajstić information content (AvgIpc) is 2.83. The van der Waals surface area contributed by atoms with Crippen molar-refractivity contribution in [3.05, 3.63) is 88.3 Å². The predicted molar refractivity (Wildman–Crippen MR) is 128 cm³/mol. The number of nitrogens with one attached hydrogen (secondary N) is 1. The summed E-state index contributed by atoms with van der Waals surface area (Å²) in [5.74, 6) is 0.0733. The van der Waals surface area contributed by atoms with E-state index in [9.17, 15) is 9.59 Å². The molecular weight excluding hydrogens is 414 g/mol. The number of carbonyl (C=O) groups is 2. The molecule has 0 spiro atoms. The maximum atomic E-state index is 13.3. The molecule has 4 rings (SSSR count). The molecule has 1 N–H and O–H groups in total. The normalized spacial score (nSPS) is 18.0. The first kappa shape index (κ1) is 22.8. The van der Waals surface area contributed by atoms with E-state index in [1.807, 2.05) is 61.5 Å². The molecule has 5 nitrogen and oxygen atoms in total. The van der Waals surface area contributed by atoms with E-state index in [4.69, 9.17) is 9.47 Å². The van der Waals surface area contributed by atoms with Crippen molar-refractivity contribution >= 4 is 11.8 Å². The van der Waals surface area contributed by atoms with Gasteiger partial charge >= 0.3 is 5.97 Å². The van der Waals surface area contributed by atoms with Gasteiger partial charge < -0.3 is 14.8 Å². The summed E-state index contributed by atoms with van der Waals surface area (Å²) in [5, 5.41) is 3.34. The summed E-state index contributed by atoms with van der Waals surface area (Å²) in [5.41, 5.74) is 4.91. The number of allylic oxidation sites excluding steroid dienone is 3. The van der Waals surface area contributed by atoms with Crippen LogP contribution in [0.15, 0.2) is 77.1 Å². The Morgan fingerprint density at radius 2 is 1.79 bits per heavy atom. The van der Waals surface area contributed by atoms with Gasteiger partial charge in [-0.05, 0) is 49.4 Å². The molecule has 172 valence electrons. The highest BCUT2D eigenvalue weighted by Gasteiger charge is 2.39. The lowest BCUT2D eigenvalue weighted by Gasteiger charge is -2.34. The van der Waals surface area contributed by atoms with E-state index < -0.39 is 5.92 Å². The zero-order valence-electron chi connectivity index (χ0n) is 19.4. The van der Waals surface area contributed by atoms with Crippen molar-refractivity contribution in [3.8, 4) is 5.75 Å². The lowest BCUT2D eigenvalue weighted by Crippen LogP contribution is -2.34. The van der Waals surface area contributed by atoms with Gasteiger partial charge in [-0.3, -0.25) is 4.79 Å². The van der Waals surface area contributed by atoms with Crippen molar-refractivity contribution in [2.24, 2.45) is 0 Å². The Morgan fingerprint density at radius 1 is 1.03 bits per heavy atom. The third-order valence-electron chi connectivity index (χ3n) is 6.15. The Kier molecular flexibility index (Phi) is 7.28. The Bertz CT molecular complexity index is 1070. The predicted octanol–water partition coefficient (Wildman–Crippen LogP) is 5.23. The van der Waals surface area contributed by atoms with Gasteiger partial charge in [0.05, 0.1) is 18.8 Å². The number of ketones is 1.